The Hall–Kier alpha value is -3.45. The summed E-state index contributed by atoms with van der Waals surface area (Å²) >= 11 is 1.71. The van der Waals surface area contributed by atoms with Crippen LogP contribution in [0, 0.1) is 0 Å². The first kappa shape index (κ1) is 20.5. The summed E-state index contributed by atoms with van der Waals surface area (Å²) in [6.45, 7) is 4.86. The molecule has 32 heavy (non-hydrogen) atoms. The van der Waals surface area contributed by atoms with Gasteiger partial charge in [-0.3, -0.25) is 9.59 Å². The largest absolute Gasteiger partial charge is 0.463 e. The van der Waals surface area contributed by atoms with Gasteiger partial charge >= 0.3 is 0 Å². The average molecular weight is 446 g/mol. The van der Waals surface area contributed by atoms with Gasteiger partial charge in [-0.2, -0.15) is 0 Å². The fourth-order valence-electron chi connectivity index (χ4n) is 3.90. The monoisotopic (exact) mass is 445 g/mol. The molecular weight excluding hydrogens is 422 g/mol. The van der Waals surface area contributed by atoms with Crippen molar-refractivity contribution in [2.24, 2.45) is 0 Å². The summed E-state index contributed by atoms with van der Waals surface area (Å²) in [5.74, 6) is -0.103. The normalized spacial score (nSPS) is 14.7. The third-order valence-corrected chi connectivity index (χ3v) is 6.90. The van der Waals surface area contributed by atoms with Gasteiger partial charge in [0, 0.05) is 32.3 Å². The van der Waals surface area contributed by atoms with Crippen molar-refractivity contribution >= 4 is 49.6 Å². The van der Waals surface area contributed by atoms with Crippen LogP contribution in [0.1, 0.15) is 18.1 Å². The molecule has 1 amide bonds. The number of carbonyl (C=O) groups excluding carboxylic acids is 1. The smallest absolute Gasteiger partial charge is 0.246 e. The van der Waals surface area contributed by atoms with E-state index in [-0.39, 0.29) is 11.3 Å². The highest BCUT2D eigenvalue weighted by molar-refractivity contribution is 7.22. The molecule has 4 aromatic rings. The van der Waals surface area contributed by atoms with Crippen molar-refractivity contribution in [1.82, 2.24) is 9.88 Å². The SMILES string of the molecule is CCc1ccc2nc(N3CCN(C(=O)/C=C/c4coc5ccccc5c4=O)CC3)sc2c1. The van der Waals surface area contributed by atoms with Crippen molar-refractivity contribution in [3.63, 3.8) is 0 Å². The van der Waals surface area contributed by atoms with Crippen LogP contribution in [0.4, 0.5) is 5.13 Å². The number of amides is 1. The van der Waals surface area contributed by atoms with Gasteiger partial charge in [-0.15, -0.1) is 0 Å². The van der Waals surface area contributed by atoms with Crippen LogP contribution in [0.25, 0.3) is 27.3 Å². The van der Waals surface area contributed by atoms with Crippen molar-refractivity contribution in [3.05, 3.63) is 76.2 Å². The molecular formula is C25H23N3O3S. The highest BCUT2D eigenvalue weighted by atomic mass is 32.1. The maximum atomic E-state index is 12.7. The zero-order valence-corrected chi connectivity index (χ0v) is 18.6. The van der Waals surface area contributed by atoms with E-state index in [0.29, 0.717) is 29.6 Å². The predicted molar refractivity (Wildman–Crippen MR) is 129 cm³/mol. The molecule has 0 atom stereocenters. The molecule has 0 bridgehead atoms. The van der Waals surface area contributed by atoms with Crippen LogP contribution < -0.4 is 10.3 Å². The summed E-state index contributed by atoms with van der Waals surface area (Å²) in [5, 5.41) is 1.52. The lowest BCUT2D eigenvalue weighted by Gasteiger charge is -2.34. The molecule has 2 aromatic carbocycles. The quantitative estimate of drug-likeness (QED) is 0.438. The summed E-state index contributed by atoms with van der Waals surface area (Å²) in [6, 6.07) is 13.5. The van der Waals surface area contributed by atoms with E-state index in [1.54, 1.807) is 40.5 Å². The minimum absolute atomic E-state index is 0.103. The van der Waals surface area contributed by atoms with E-state index in [1.165, 1.54) is 22.6 Å². The van der Waals surface area contributed by atoms with Crippen LogP contribution in [0.2, 0.25) is 0 Å². The molecule has 1 aliphatic heterocycles. The highest BCUT2D eigenvalue weighted by Gasteiger charge is 2.22. The van der Waals surface area contributed by atoms with E-state index < -0.39 is 0 Å². The maximum Gasteiger partial charge on any atom is 0.246 e. The van der Waals surface area contributed by atoms with Gasteiger partial charge in [0.05, 0.1) is 21.2 Å². The molecule has 1 fully saturated rings. The van der Waals surface area contributed by atoms with Crippen LogP contribution in [0.5, 0.6) is 0 Å². The Balaban J connectivity index is 1.25. The molecule has 2 aromatic heterocycles. The second kappa shape index (κ2) is 8.59. The molecule has 1 aliphatic rings. The molecule has 0 N–H and O–H groups in total. The number of carbonyl (C=O) groups is 1. The minimum Gasteiger partial charge on any atom is -0.463 e. The van der Waals surface area contributed by atoms with Gasteiger partial charge < -0.3 is 14.2 Å². The van der Waals surface area contributed by atoms with Gasteiger partial charge in [0.2, 0.25) is 5.91 Å². The molecule has 0 saturated carbocycles. The first-order valence-electron chi connectivity index (χ1n) is 10.7. The van der Waals surface area contributed by atoms with E-state index in [9.17, 15) is 9.59 Å². The number of nitrogens with zero attached hydrogens (tertiary/aromatic N) is 3. The standard InChI is InChI=1S/C25H23N3O3S/c1-2-17-7-9-20-22(15-17)32-25(26-20)28-13-11-27(12-14-28)23(29)10-8-18-16-31-21-6-4-3-5-19(21)24(18)30/h3-10,15-16H,2,11-14H2,1H3/b10-8+. The molecule has 162 valence electrons. The number of anilines is 1. The molecule has 7 heteroatoms. The number of piperazine rings is 1. The van der Waals surface area contributed by atoms with Gasteiger partial charge in [-0.1, -0.05) is 36.5 Å². The molecule has 0 aliphatic carbocycles. The number of fused-ring (bicyclic) bond motifs is 2. The number of aromatic nitrogens is 1. The van der Waals surface area contributed by atoms with Crippen LogP contribution in [0.15, 0.2) is 64.0 Å². The van der Waals surface area contributed by atoms with E-state index in [4.69, 9.17) is 9.40 Å². The topological polar surface area (TPSA) is 66.7 Å². The molecule has 5 rings (SSSR count). The third-order valence-electron chi connectivity index (χ3n) is 5.82. The zero-order valence-electron chi connectivity index (χ0n) is 17.8. The van der Waals surface area contributed by atoms with E-state index in [2.05, 4.69) is 30.0 Å². The summed E-state index contributed by atoms with van der Waals surface area (Å²) in [4.78, 5) is 34.1. The van der Waals surface area contributed by atoms with E-state index in [0.717, 1.165) is 30.2 Å². The lowest BCUT2D eigenvalue weighted by molar-refractivity contribution is -0.126. The number of hydrogen-bond acceptors (Lipinski definition) is 6. The van der Waals surface area contributed by atoms with Crippen LogP contribution in [0.3, 0.4) is 0 Å². The number of aryl methyl sites for hydroxylation is 1. The summed E-state index contributed by atoms with van der Waals surface area (Å²) in [6.07, 6.45) is 5.43. The van der Waals surface area contributed by atoms with Gasteiger partial charge in [0.25, 0.3) is 0 Å². The second-order valence-electron chi connectivity index (χ2n) is 7.81. The molecule has 0 radical (unpaired) electrons. The third kappa shape index (κ3) is 3.91. The Morgan fingerprint density at radius 3 is 2.78 bits per heavy atom. The van der Waals surface area contributed by atoms with Crippen LogP contribution in [-0.4, -0.2) is 42.0 Å². The summed E-state index contributed by atoms with van der Waals surface area (Å²) in [7, 11) is 0. The van der Waals surface area contributed by atoms with Gasteiger partial charge in [0.15, 0.2) is 10.6 Å². The maximum absolute atomic E-state index is 12.7. The fourth-order valence-corrected chi connectivity index (χ4v) is 4.99. The fraction of sp³-hybridized carbons (Fsp3) is 0.240. The number of para-hydroxylation sites is 1. The van der Waals surface area contributed by atoms with E-state index in [1.807, 2.05) is 6.07 Å². The first-order chi connectivity index (χ1) is 15.6. The highest BCUT2D eigenvalue weighted by Crippen LogP contribution is 2.30. The number of rotatable bonds is 4. The lowest BCUT2D eigenvalue weighted by Crippen LogP contribution is -2.48. The Labute approximate surface area is 189 Å². The molecule has 0 unspecified atom stereocenters. The number of thiazole rings is 1. The Morgan fingerprint density at radius 1 is 1.16 bits per heavy atom. The number of benzene rings is 2. The molecule has 1 saturated heterocycles. The predicted octanol–water partition coefficient (Wildman–Crippen LogP) is 4.33. The Morgan fingerprint density at radius 2 is 1.97 bits per heavy atom. The molecule has 3 heterocycles. The Bertz CT molecular complexity index is 1380. The Kier molecular flexibility index (Phi) is 5.49. The second-order valence-corrected chi connectivity index (χ2v) is 8.82. The number of hydrogen-bond donors (Lipinski definition) is 0. The zero-order chi connectivity index (χ0) is 22.1. The van der Waals surface area contributed by atoms with Crippen molar-refractivity contribution in [1.29, 1.82) is 0 Å². The van der Waals surface area contributed by atoms with Crippen molar-refractivity contribution < 1.29 is 9.21 Å². The lowest BCUT2D eigenvalue weighted by atomic mass is 10.1. The van der Waals surface area contributed by atoms with Crippen LogP contribution in [-0.2, 0) is 11.2 Å². The van der Waals surface area contributed by atoms with Gasteiger partial charge in [0.1, 0.15) is 11.8 Å². The first-order valence-corrected chi connectivity index (χ1v) is 11.6. The van der Waals surface area contributed by atoms with Crippen molar-refractivity contribution in [2.45, 2.75) is 13.3 Å². The van der Waals surface area contributed by atoms with Crippen molar-refractivity contribution in [3.8, 4) is 0 Å². The summed E-state index contributed by atoms with van der Waals surface area (Å²) < 4.78 is 6.72. The minimum atomic E-state index is -0.136. The average Bonchev–Trinajstić information content (AvgIpc) is 3.27. The molecule has 0 spiro atoms. The van der Waals surface area contributed by atoms with Crippen molar-refractivity contribution in [2.75, 3.05) is 31.1 Å². The summed E-state index contributed by atoms with van der Waals surface area (Å²) in [5.41, 5.74) is 3.12. The van der Waals surface area contributed by atoms with E-state index >= 15 is 0 Å². The van der Waals surface area contributed by atoms with Gasteiger partial charge in [-0.05, 0) is 42.3 Å². The van der Waals surface area contributed by atoms with Crippen LogP contribution >= 0.6 is 11.3 Å². The molecule has 6 nitrogen and oxygen atoms in total. The van der Waals surface area contributed by atoms with Gasteiger partial charge in [-0.25, -0.2) is 4.98 Å².